The third-order valence-electron chi connectivity index (χ3n) is 4.47. The number of sulfonamides is 1. The molecule has 0 bridgehead atoms. The van der Waals surface area contributed by atoms with Crippen LogP contribution < -0.4 is 10.1 Å². The number of hydrogen-bond donors (Lipinski definition) is 1. The Hall–Kier alpha value is -2.10. The van der Waals surface area contributed by atoms with Crippen molar-refractivity contribution >= 4 is 27.4 Å². The fourth-order valence-corrected chi connectivity index (χ4v) is 5.81. The minimum atomic E-state index is -3.47. The van der Waals surface area contributed by atoms with Gasteiger partial charge < -0.3 is 15.0 Å². The smallest absolute Gasteiger partial charge is 0.317 e. The van der Waals surface area contributed by atoms with Gasteiger partial charge in [-0.1, -0.05) is 12.1 Å². The van der Waals surface area contributed by atoms with Gasteiger partial charge in [0.2, 0.25) is 0 Å². The number of aryl methyl sites for hydroxylation is 2. The molecule has 2 heterocycles. The van der Waals surface area contributed by atoms with E-state index in [4.69, 9.17) is 4.74 Å². The maximum absolute atomic E-state index is 12.6. The molecule has 7 nitrogen and oxygen atoms in total. The maximum Gasteiger partial charge on any atom is 0.317 e. The number of hydrogen-bond acceptors (Lipinski definition) is 5. The molecule has 1 N–H and O–H groups in total. The maximum atomic E-state index is 12.6. The highest BCUT2D eigenvalue weighted by Crippen LogP contribution is 2.25. The minimum absolute atomic E-state index is 0.197. The highest BCUT2D eigenvalue weighted by Gasteiger charge is 2.30. The van der Waals surface area contributed by atoms with Gasteiger partial charge in [-0.15, -0.1) is 11.3 Å². The highest BCUT2D eigenvalue weighted by atomic mass is 32.2. The van der Waals surface area contributed by atoms with Crippen molar-refractivity contribution in [3.63, 3.8) is 0 Å². The first kappa shape index (κ1) is 20.6. The summed E-state index contributed by atoms with van der Waals surface area (Å²) in [6, 6.07) is 11.0. The predicted molar refractivity (Wildman–Crippen MR) is 109 cm³/mol. The summed E-state index contributed by atoms with van der Waals surface area (Å²) in [6.45, 7) is 5.98. The molecule has 0 aliphatic carbocycles. The Labute approximate surface area is 170 Å². The molecule has 2 aromatic rings. The third kappa shape index (κ3) is 5.03. The lowest BCUT2D eigenvalue weighted by molar-refractivity contribution is 0.170. The summed E-state index contributed by atoms with van der Waals surface area (Å²) in [6.07, 6.45) is 0. The number of urea groups is 1. The Balaban J connectivity index is 1.42. The molecule has 0 spiro atoms. The van der Waals surface area contributed by atoms with E-state index in [1.54, 1.807) is 17.0 Å². The molecule has 1 fully saturated rings. The van der Waals surface area contributed by atoms with E-state index in [-0.39, 0.29) is 6.03 Å². The zero-order valence-corrected chi connectivity index (χ0v) is 17.7. The molecule has 1 aliphatic rings. The molecule has 1 saturated heterocycles. The van der Waals surface area contributed by atoms with Crippen LogP contribution in [0.15, 0.2) is 40.6 Å². The first-order valence-corrected chi connectivity index (χ1v) is 11.4. The topological polar surface area (TPSA) is 79.0 Å². The summed E-state index contributed by atoms with van der Waals surface area (Å²) in [5.74, 6) is 0.775. The van der Waals surface area contributed by atoms with Crippen LogP contribution in [0.25, 0.3) is 0 Å². The van der Waals surface area contributed by atoms with Crippen molar-refractivity contribution in [2.24, 2.45) is 0 Å². The van der Waals surface area contributed by atoms with Gasteiger partial charge in [0.05, 0.1) is 6.54 Å². The van der Waals surface area contributed by atoms with Crippen molar-refractivity contribution in [2.75, 3.05) is 39.3 Å². The number of nitrogens with zero attached hydrogens (tertiary/aromatic N) is 2. The zero-order chi connectivity index (χ0) is 20.1. The fourth-order valence-electron chi connectivity index (χ4n) is 2.95. The zero-order valence-electron chi connectivity index (χ0n) is 16.1. The summed E-state index contributed by atoms with van der Waals surface area (Å²) in [5, 5.41) is 2.82. The average Bonchev–Trinajstić information content (AvgIpc) is 3.12. The van der Waals surface area contributed by atoms with Crippen molar-refractivity contribution in [3.8, 4) is 5.75 Å². The third-order valence-corrected chi connectivity index (χ3v) is 7.84. The number of benzene rings is 1. The van der Waals surface area contributed by atoms with Crippen LogP contribution in [-0.4, -0.2) is 63.0 Å². The molecule has 0 atom stereocenters. The van der Waals surface area contributed by atoms with Gasteiger partial charge in [-0.25, -0.2) is 13.2 Å². The quantitative estimate of drug-likeness (QED) is 0.724. The van der Waals surface area contributed by atoms with Crippen LogP contribution in [0.5, 0.6) is 5.75 Å². The molecule has 0 unspecified atom stereocenters. The van der Waals surface area contributed by atoms with Gasteiger partial charge in [0, 0.05) is 31.1 Å². The minimum Gasteiger partial charge on any atom is -0.492 e. The van der Waals surface area contributed by atoms with Gasteiger partial charge >= 0.3 is 6.03 Å². The molecule has 3 rings (SSSR count). The Morgan fingerprint density at radius 2 is 1.89 bits per heavy atom. The highest BCUT2D eigenvalue weighted by molar-refractivity contribution is 7.91. The molecule has 28 heavy (non-hydrogen) atoms. The van der Waals surface area contributed by atoms with E-state index in [9.17, 15) is 13.2 Å². The van der Waals surface area contributed by atoms with Gasteiger partial charge in [0.1, 0.15) is 16.6 Å². The Kier molecular flexibility index (Phi) is 6.58. The average molecular weight is 424 g/mol. The van der Waals surface area contributed by atoms with Crippen molar-refractivity contribution in [1.29, 1.82) is 0 Å². The first-order valence-electron chi connectivity index (χ1n) is 9.15. The first-order chi connectivity index (χ1) is 13.4. The van der Waals surface area contributed by atoms with E-state index in [1.165, 1.54) is 15.6 Å². The lowest BCUT2D eigenvalue weighted by Gasteiger charge is -2.33. The molecule has 9 heteroatoms. The largest absolute Gasteiger partial charge is 0.492 e. The van der Waals surface area contributed by atoms with Crippen molar-refractivity contribution < 1.29 is 17.9 Å². The van der Waals surface area contributed by atoms with Crippen molar-refractivity contribution in [1.82, 2.24) is 14.5 Å². The van der Waals surface area contributed by atoms with Gasteiger partial charge in [-0.3, -0.25) is 0 Å². The second-order valence-corrected chi connectivity index (χ2v) is 10.1. The summed E-state index contributed by atoms with van der Waals surface area (Å²) in [5.41, 5.74) is 1.12. The molecule has 0 radical (unpaired) electrons. The van der Waals surface area contributed by atoms with E-state index in [2.05, 4.69) is 5.32 Å². The summed E-state index contributed by atoms with van der Waals surface area (Å²) in [4.78, 5) is 14.9. The predicted octanol–water partition coefficient (Wildman–Crippen LogP) is 2.46. The fraction of sp³-hybridized carbons (Fsp3) is 0.421. The second-order valence-electron chi connectivity index (χ2n) is 6.65. The molecule has 0 saturated carbocycles. The standard InChI is InChI=1S/C19H25N3O4S2/c1-15-4-3-5-17(14-15)26-13-8-20-19(23)21-9-11-22(12-10-21)28(24,25)18-7-6-16(2)27-18/h3-7,14H,8-13H2,1-2H3,(H,20,23). The lowest BCUT2D eigenvalue weighted by atomic mass is 10.2. The van der Waals surface area contributed by atoms with Crippen LogP contribution in [0.3, 0.4) is 0 Å². The van der Waals surface area contributed by atoms with Crippen molar-refractivity contribution in [3.05, 3.63) is 46.8 Å². The van der Waals surface area contributed by atoms with E-state index in [0.717, 1.165) is 16.2 Å². The summed E-state index contributed by atoms with van der Waals surface area (Å²) >= 11 is 1.27. The molecule has 1 aliphatic heterocycles. The lowest BCUT2D eigenvalue weighted by Crippen LogP contribution is -2.53. The number of amides is 2. The van der Waals surface area contributed by atoms with Crippen LogP contribution >= 0.6 is 11.3 Å². The number of carbonyl (C=O) groups excluding carboxylic acids is 1. The number of piperazine rings is 1. The SMILES string of the molecule is Cc1cccc(OCCNC(=O)N2CCN(S(=O)(=O)c3ccc(C)s3)CC2)c1. The van der Waals surface area contributed by atoms with Gasteiger partial charge in [-0.05, 0) is 43.7 Å². The molecule has 2 amide bonds. The van der Waals surface area contributed by atoms with Gasteiger partial charge in [0.15, 0.2) is 0 Å². The summed E-state index contributed by atoms with van der Waals surface area (Å²) < 4.78 is 32.7. The van der Waals surface area contributed by atoms with E-state index >= 15 is 0 Å². The number of nitrogens with one attached hydrogen (secondary N) is 1. The molecule has 1 aromatic heterocycles. The molecular weight excluding hydrogens is 398 g/mol. The van der Waals surface area contributed by atoms with E-state index in [1.807, 2.05) is 38.1 Å². The van der Waals surface area contributed by atoms with Crippen LogP contribution in [0.4, 0.5) is 4.79 Å². The molecule has 1 aromatic carbocycles. The van der Waals surface area contributed by atoms with Crippen LogP contribution in [0.2, 0.25) is 0 Å². The Bertz CT molecular complexity index is 919. The molecule has 152 valence electrons. The number of thiophene rings is 1. The number of ether oxygens (including phenoxy) is 1. The second kappa shape index (κ2) is 8.93. The van der Waals surface area contributed by atoms with Gasteiger partial charge in [0.25, 0.3) is 10.0 Å². The van der Waals surface area contributed by atoms with Gasteiger partial charge in [-0.2, -0.15) is 4.31 Å². The number of rotatable bonds is 6. The monoisotopic (exact) mass is 423 g/mol. The van der Waals surface area contributed by atoms with Crippen LogP contribution in [0.1, 0.15) is 10.4 Å². The summed E-state index contributed by atoms with van der Waals surface area (Å²) in [7, 11) is -3.47. The van der Waals surface area contributed by atoms with E-state index in [0.29, 0.717) is 43.5 Å². The van der Waals surface area contributed by atoms with Crippen LogP contribution in [0, 0.1) is 13.8 Å². The van der Waals surface area contributed by atoms with Crippen LogP contribution in [-0.2, 0) is 10.0 Å². The Morgan fingerprint density at radius 1 is 1.14 bits per heavy atom. The van der Waals surface area contributed by atoms with Crippen molar-refractivity contribution in [2.45, 2.75) is 18.1 Å². The Morgan fingerprint density at radius 3 is 2.54 bits per heavy atom. The molecular formula is C19H25N3O4S2. The normalized spacial score (nSPS) is 15.4. The van der Waals surface area contributed by atoms with E-state index < -0.39 is 10.0 Å². The number of carbonyl (C=O) groups is 1.